The van der Waals surface area contributed by atoms with Gasteiger partial charge in [0.25, 0.3) is 0 Å². The molecule has 0 spiro atoms. The van der Waals surface area contributed by atoms with E-state index in [-0.39, 0.29) is 24.1 Å². The van der Waals surface area contributed by atoms with Crippen LogP contribution in [0.1, 0.15) is 12.5 Å². The molecule has 1 aliphatic heterocycles. The van der Waals surface area contributed by atoms with Gasteiger partial charge in [-0.3, -0.25) is 9.59 Å². The average Bonchev–Trinajstić information content (AvgIpc) is 3.12. The van der Waals surface area contributed by atoms with Gasteiger partial charge in [-0.05, 0) is 42.0 Å². The van der Waals surface area contributed by atoms with Crippen LogP contribution in [0.5, 0.6) is 5.75 Å². The van der Waals surface area contributed by atoms with Crippen molar-refractivity contribution in [2.75, 3.05) is 17.7 Å². The van der Waals surface area contributed by atoms with Crippen LogP contribution in [0, 0.1) is 5.82 Å². The van der Waals surface area contributed by atoms with E-state index in [1.54, 1.807) is 49.7 Å². The lowest BCUT2D eigenvalue weighted by molar-refractivity contribution is -0.125. The van der Waals surface area contributed by atoms with Gasteiger partial charge >= 0.3 is 0 Å². The second-order valence-electron chi connectivity index (χ2n) is 6.34. The fourth-order valence-corrected chi connectivity index (χ4v) is 3.11. The molecule has 3 aromatic rings. The van der Waals surface area contributed by atoms with Gasteiger partial charge in [-0.2, -0.15) is 5.10 Å². The number of benzene rings is 2. The van der Waals surface area contributed by atoms with Crippen LogP contribution in [0.15, 0.2) is 54.7 Å². The van der Waals surface area contributed by atoms with Crippen molar-refractivity contribution in [3.63, 3.8) is 0 Å². The minimum atomic E-state index is -0.792. The fraction of sp³-hybridized carbons (Fsp3) is 0.150. The number of anilines is 2. The fourth-order valence-electron chi connectivity index (χ4n) is 3.11. The number of hydrogen-bond acceptors (Lipinski definition) is 4. The number of halogens is 1. The summed E-state index contributed by atoms with van der Waals surface area (Å²) in [6, 6.07) is 12.0. The molecule has 0 bridgehead atoms. The van der Waals surface area contributed by atoms with Crippen molar-refractivity contribution in [1.29, 1.82) is 0 Å². The number of nitrogens with one attached hydrogen (secondary N) is 2. The minimum absolute atomic E-state index is 0.0282. The monoisotopic (exact) mass is 380 g/mol. The molecule has 1 aliphatic rings. The predicted octanol–water partition coefficient (Wildman–Crippen LogP) is 3.22. The Hall–Kier alpha value is -3.68. The Morgan fingerprint density at radius 3 is 2.61 bits per heavy atom. The number of carbonyl (C=O) groups is 2. The van der Waals surface area contributed by atoms with Crippen LogP contribution in [0.2, 0.25) is 0 Å². The van der Waals surface area contributed by atoms with Crippen LogP contribution in [-0.2, 0) is 9.59 Å². The molecule has 0 saturated heterocycles. The zero-order valence-corrected chi connectivity index (χ0v) is 15.0. The van der Waals surface area contributed by atoms with E-state index in [0.29, 0.717) is 28.4 Å². The van der Waals surface area contributed by atoms with Crippen molar-refractivity contribution < 1.29 is 18.7 Å². The van der Waals surface area contributed by atoms with Crippen LogP contribution < -0.4 is 15.4 Å². The van der Waals surface area contributed by atoms with Gasteiger partial charge in [0.15, 0.2) is 0 Å². The number of aromatic nitrogens is 2. The Balaban J connectivity index is 1.62. The molecule has 8 heteroatoms. The van der Waals surface area contributed by atoms with Crippen molar-refractivity contribution in [1.82, 2.24) is 9.78 Å². The van der Waals surface area contributed by atoms with Gasteiger partial charge in [-0.25, -0.2) is 9.07 Å². The number of fused-ring (bicyclic) bond motifs is 1. The number of amides is 2. The number of ether oxygens (including phenoxy) is 1. The predicted molar refractivity (Wildman–Crippen MR) is 102 cm³/mol. The van der Waals surface area contributed by atoms with E-state index in [1.165, 1.54) is 16.8 Å². The first-order valence-corrected chi connectivity index (χ1v) is 8.63. The molecule has 2 N–H and O–H groups in total. The van der Waals surface area contributed by atoms with E-state index in [1.807, 2.05) is 0 Å². The second-order valence-corrected chi connectivity index (χ2v) is 6.34. The highest BCUT2D eigenvalue weighted by Gasteiger charge is 2.33. The Kier molecular flexibility index (Phi) is 4.52. The van der Waals surface area contributed by atoms with Crippen LogP contribution in [0.25, 0.3) is 11.1 Å². The van der Waals surface area contributed by atoms with Gasteiger partial charge < -0.3 is 15.4 Å². The van der Waals surface area contributed by atoms with Gasteiger partial charge in [-0.1, -0.05) is 12.1 Å². The molecule has 1 unspecified atom stereocenters. The molecule has 1 aromatic heterocycles. The van der Waals surface area contributed by atoms with Gasteiger partial charge in [0, 0.05) is 11.3 Å². The first-order chi connectivity index (χ1) is 13.5. The summed E-state index contributed by atoms with van der Waals surface area (Å²) in [7, 11) is 1.56. The number of rotatable bonds is 4. The van der Waals surface area contributed by atoms with E-state index < -0.39 is 6.04 Å². The lowest BCUT2D eigenvalue weighted by Gasteiger charge is -2.24. The molecule has 7 nitrogen and oxygen atoms in total. The van der Waals surface area contributed by atoms with E-state index in [0.717, 1.165) is 0 Å². The summed E-state index contributed by atoms with van der Waals surface area (Å²) in [5.41, 5.74) is 1.90. The molecule has 0 fully saturated rings. The molecular formula is C20H17FN4O3. The molecule has 2 aromatic carbocycles. The summed E-state index contributed by atoms with van der Waals surface area (Å²) in [5, 5.41) is 9.84. The summed E-state index contributed by atoms with van der Waals surface area (Å²) in [4.78, 5) is 25.0. The van der Waals surface area contributed by atoms with Gasteiger partial charge in [-0.15, -0.1) is 0 Å². The number of carbonyl (C=O) groups excluding carboxylic acids is 2. The summed E-state index contributed by atoms with van der Waals surface area (Å²) >= 11 is 0. The normalized spacial score (nSPS) is 15.5. The number of nitrogens with zero attached hydrogens (tertiary/aromatic N) is 2. The van der Waals surface area contributed by atoms with Crippen molar-refractivity contribution in [2.24, 2.45) is 0 Å². The third-order valence-electron chi connectivity index (χ3n) is 4.54. The van der Waals surface area contributed by atoms with Crippen LogP contribution in [0.4, 0.5) is 15.9 Å². The Labute approximate surface area is 160 Å². The van der Waals surface area contributed by atoms with Crippen LogP contribution in [-0.4, -0.2) is 28.7 Å². The standard InChI is InChI=1S/C20H17FN4O3/c1-28-15-8-6-14(7-9-15)23-20(27)17-10-18(26)24-19-16(11-22-25(17)19)12-2-4-13(21)5-3-12/h2-9,11,17H,10H2,1H3,(H,23,27)(H,24,26). The highest BCUT2D eigenvalue weighted by Crippen LogP contribution is 2.34. The summed E-state index contributed by atoms with van der Waals surface area (Å²) in [6.45, 7) is 0. The zero-order valence-electron chi connectivity index (χ0n) is 15.0. The molecule has 0 saturated carbocycles. The Bertz CT molecular complexity index is 1030. The third kappa shape index (κ3) is 3.32. The van der Waals surface area contributed by atoms with E-state index in [9.17, 15) is 14.0 Å². The number of methoxy groups -OCH3 is 1. The molecule has 0 aliphatic carbocycles. The molecule has 0 radical (unpaired) electrons. The molecule has 1 atom stereocenters. The summed E-state index contributed by atoms with van der Waals surface area (Å²) < 4.78 is 19.8. The average molecular weight is 380 g/mol. The maximum Gasteiger partial charge on any atom is 0.249 e. The maximum absolute atomic E-state index is 13.2. The third-order valence-corrected chi connectivity index (χ3v) is 4.54. The molecule has 4 rings (SSSR count). The molecule has 2 heterocycles. The molecular weight excluding hydrogens is 363 g/mol. The van der Waals surface area contributed by atoms with Gasteiger partial charge in [0.2, 0.25) is 11.8 Å². The van der Waals surface area contributed by atoms with Gasteiger partial charge in [0.05, 0.1) is 19.7 Å². The number of hydrogen-bond donors (Lipinski definition) is 2. The van der Waals surface area contributed by atoms with E-state index >= 15 is 0 Å². The molecule has 28 heavy (non-hydrogen) atoms. The van der Waals surface area contributed by atoms with Crippen molar-refractivity contribution >= 4 is 23.3 Å². The van der Waals surface area contributed by atoms with Gasteiger partial charge in [0.1, 0.15) is 23.4 Å². The second kappa shape index (κ2) is 7.15. The topological polar surface area (TPSA) is 85.2 Å². The van der Waals surface area contributed by atoms with Crippen molar-refractivity contribution in [2.45, 2.75) is 12.5 Å². The lowest BCUT2D eigenvalue weighted by atomic mass is 10.1. The Morgan fingerprint density at radius 1 is 1.21 bits per heavy atom. The molecule has 2 amide bonds. The molecule has 142 valence electrons. The largest absolute Gasteiger partial charge is 0.497 e. The first-order valence-electron chi connectivity index (χ1n) is 8.63. The quantitative estimate of drug-likeness (QED) is 0.728. The van der Waals surface area contributed by atoms with Crippen LogP contribution in [0.3, 0.4) is 0 Å². The SMILES string of the molecule is COc1ccc(NC(=O)C2CC(=O)Nc3c(-c4ccc(F)cc4)cnn32)cc1. The summed E-state index contributed by atoms with van der Waals surface area (Å²) in [5.74, 6) is 0.0953. The smallest absolute Gasteiger partial charge is 0.249 e. The summed E-state index contributed by atoms with van der Waals surface area (Å²) in [6.07, 6.45) is 1.53. The first kappa shape index (κ1) is 17.7. The minimum Gasteiger partial charge on any atom is -0.497 e. The van der Waals surface area contributed by atoms with E-state index in [4.69, 9.17) is 4.74 Å². The van der Waals surface area contributed by atoms with Crippen molar-refractivity contribution in [3.8, 4) is 16.9 Å². The lowest BCUT2D eigenvalue weighted by Crippen LogP contribution is -2.35. The zero-order chi connectivity index (χ0) is 19.7. The highest BCUT2D eigenvalue weighted by atomic mass is 19.1. The maximum atomic E-state index is 13.2. The highest BCUT2D eigenvalue weighted by molar-refractivity contribution is 6.03. The Morgan fingerprint density at radius 2 is 1.93 bits per heavy atom. The van der Waals surface area contributed by atoms with E-state index in [2.05, 4.69) is 15.7 Å². The van der Waals surface area contributed by atoms with Crippen LogP contribution >= 0.6 is 0 Å². The van der Waals surface area contributed by atoms with Crippen molar-refractivity contribution in [3.05, 3.63) is 60.5 Å².